The average molecular weight is 320 g/mol. The number of hydrogen-bond acceptors (Lipinski definition) is 3. The lowest BCUT2D eigenvalue weighted by atomic mass is 10.1. The molecule has 1 unspecified atom stereocenters. The number of ether oxygens (including phenoxy) is 2. The van der Waals surface area contributed by atoms with Gasteiger partial charge in [-0.25, -0.2) is 4.79 Å². The molecule has 0 spiro atoms. The number of urea groups is 1. The molecule has 1 fully saturated rings. The first-order valence-corrected chi connectivity index (χ1v) is 8.32. The minimum atomic E-state index is 0.0105. The van der Waals surface area contributed by atoms with Crippen molar-refractivity contribution in [3.05, 3.63) is 29.8 Å². The molecule has 1 aliphatic rings. The van der Waals surface area contributed by atoms with Gasteiger partial charge in [0.25, 0.3) is 0 Å². The van der Waals surface area contributed by atoms with Crippen molar-refractivity contribution in [1.29, 1.82) is 0 Å². The molecule has 128 valence electrons. The van der Waals surface area contributed by atoms with E-state index in [0.29, 0.717) is 25.6 Å². The summed E-state index contributed by atoms with van der Waals surface area (Å²) in [6.07, 6.45) is 3.27. The molecule has 1 atom stereocenters. The van der Waals surface area contributed by atoms with E-state index < -0.39 is 0 Å². The predicted octanol–water partition coefficient (Wildman–Crippen LogP) is 3.04. The number of carbonyl (C=O) groups excluding carboxylic acids is 1. The predicted molar refractivity (Wildman–Crippen MR) is 90.6 cm³/mol. The van der Waals surface area contributed by atoms with Crippen LogP contribution in [0.4, 0.5) is 4.79 Å². The van der Waals surface area contributed by atoms with E-state index >= 15 is 0 Å². The topological polar surface area (TPSA) is 50.8 Å². The van der Waals surface area contributed by atoms with Crippen LogP contribution in [-0.4, -0.2) is 44.3 Å². The summed E-state index contributed by atoms with van der Waals surface area (Å²) in [5.74, 6) is 1.47. The third kappa shape index (κ3) is 5.43. The summed E-state index contributed by atoms with van der Waals surface area (Å²) in [7, 11) is 3.33. The van der Waals surface area contributed by atoms with Gasteiger partial charge in [-0.15, -0.1) is 0 Å². The Bertz CT molecular complexity index is 486. The van der Waals surface area contributed by atoms with Crippen LogP contribution in [0.2, 0.25) is 0 Å². The van der Waals surface area contributed by atoms with E-state index in [4.69, 9.17) is 9.47 Å². The van der Waals surface area contributed by atoms with Crippen molar-refractivity contribution in [2.24, 2.45) is 5.92 Å². The molecule has 0 heterocycles. The molecule has 1 saturated carbocycles. The molecule has 5 heteroatoms. The number of hydrogen-bond donors (Lipinski definition) is 1. The van der Waals surface area contributed by atoms with Crippen LogP contribution in [0.5, 0.6) is 5.75 Å². The highest BCUT2D eigenvalue weighted by molar-refractivity contribution is 5.74. The second-order valence-corrected chi connectivity index (χ2v) is 6.13. The molecule has 1 aliphatic carbocycles. The summed E-state index contributed by atoms with van der Waals surface area (Å²) in [6.45, 7) is 4.08. The lowest BCUT2D eigenvalue weighted by molar-refractivity contribution is 0.163. The van der Waals surface area contributed by atoms with Crippen molar-refractivity contribution in [2.75, 3.05) is 27.4 Å². The van der Waals surface area contributed by atoms with Gasteiger partial charge in [-0.3, -0.25) is 0 Å². The van der Waals surface area contributed by atoms with Crippen molar-refractivity contribution in [3.63, 3.8) is 0 Å². The molecule has 0 radical (unpaired) electrons. The van der Waals surface area contributed by atoms with Crippen LogP contribution in [0.1, 0.15) is 31.7 Å². The summed E-state index contributed by atoms with van der Waals surface area (Å²) in [4.78, 5) is 14.5. The minimum Gasteiger partial charge on any atom is -0.497 e. The first kappa shape index (κ1) is 17.6. The van der Waals surface area contributed by atoms with E-state index in [1.54, 1.807) is 14.2 Å². The third-order valence-electron chi connectivity index (χ3n) is 4.37. The van der Waals surface area contributed by atoms with E-state index in [1.807, 2.05) is 29.2 Å². The first-order chi connectivity index (χ1) is 11.2. The van der Waals surface area contributed by atoms with Gasteiger partial charge >= 0.3 is 6.03 Å². The summed E-state index contributed by atoms with van der Waals surface area (Å²) in [5.41, 5.74) is 1.12. The van der Waals surface area contributed by atoms with E-state index in [0.717, 1.165) is 17.7 Å². The Morgan fingerprint density at radius 3 is 2.57 bits per heavy atom. The number of nitrogens with one attached hydrogen (secondary N) is 1. The van der Waals surface area contributed by atoms with Crippen LogP contribution in [0.3, 0.4) is 0 Å². The van der Waals surface area contributed by atoms with Gasteiger partial charge in [-0.2, -0.15) is 0 Å². The van der Waals surface area contributed by atoms with Crippen LogP contribution in [-0.2, 0) is 11.3 Å². The van der Waals surface area contributed by atoms with E-state index in [9.17, 15) is 4.79 Å². The van der Waals surface area contributed by atoms with Crippen molar-refractivity contribution >= 4 is 6.03 Å². The molecule has 23 heavy (non-hydrogen) atoms. The van der Waals surface area contributed by atoms with Gasteiger partial charge in [0, 0.05) is 32.8 Å². The van der Waals surface area contributed by atoms with E-state index in [-0.39, 0.29) is 12.1 Å². The molecular weight excluding hydrogens is 292 g/mol. The largest absolute Gasteiger partial charge is 0.497 e. The van der Waals surface area contributed by atoms with Crippen LogP contribution in [0.15, 0.2) is 24.3 Å². The zero-order valence-electron chi connectivity index (χ0n) is 14.4. The molecule has 1 aromatic rings. The van der Waals surface area contributed by atoms with Gasteiger partial charge in [-0.05, 0) is 49.8 Å². The van der Waals surface area contributed by atoms with Crippen molar-refractivity contribution < 1.29 is 14.3 Å². The number of carbonyl (C=O) groups is 1. The van der Waals surface area contributed by atoms with Crippen LogP contribution in [0, 0.1) is 5.92 Å². The van der Waals surface area contributed by atoms with Crippen LogP contribution >= 0.6 is 0 Å². The Morgan fingerprint density at radius 2 is 2.00 bits per heavy atom. The fourth-order valence-electron chi connectivity index (χ4n) is 2.67. The summed E-state index contributed by atoms with van der Waals surface area (Å²) < 4.78 is 10.2. The highest BCUT2D eigenvalue weighted by Gasteiger charge is 2.34. The van der Waals surface area contributed by atoms with Gasteiger partial charge in [-0.1, -0.05) is 12.1 Å². The van der Waals surface area contributed by atoms with E-state index in [2.05, 4.69) is 12.2 Å². The monoisotopic (exact) mass is 320 g/mol. The molecule has 5 nitrogen and oxygen atoms in total. The number of rotatable bonds is 9. The maximum atomic E-state index is 12.6. The zero-order valence-corrected chi connectivity index (χ0v) is 14.4. The quantitative estimate of drug-likeness (QED) is 0.712. The number of nitrogens with zero attached hydrogens (tertiary/aromatic N) is 1. The highest BCUT2D eigenvalue weighted by Crippen LogP contribution is 2.35. The molecule has 1 aromatic carbocycles. The summed E-state index contributed by atoms with van der Waals surface area (Å²) >= 11 is 0. The molecule has 2 amide bonds. The Kier molecular flexibility index (Phi) is 6.71. The number of amides is 2. The highest BCUT2D eigenvalue weighted by atomic mass is 16.5. The van der Waals surface area contributed by atoms with Gasteiger partial charge in [0.2, 0.25) is 0 Å². The fourth-order valence-corrected chi connectivity index (χ4v) is 2.67. The molecule has 2 rings (SSSR count). The molecule has 0 aliphatic heterocycles. The number of methoxy groups -OCH3 is 2. The average Bonchev–Trinajstić information content (AvgIpc) is 3.41. The number of benzene rings is 1. The Hall–Kier alpha value is -1.75. The smallest absolute Gasteiger partial charge is 0.317 e. The van der Waals surface area contributed by atoms with Gasteiger partial charge in [0.1, 0.15) is 5.75 Å². The Labute approximate surface area is 139 Å². The maximum absolute atomic E-state index is 12.6. The Morgan fingerprint density at radius 1 is 1.30 bits per heavy atom. The third-order valence-corrected chi connectivity index (χ3v) is 4.37. The van der Waals surface area contributed by atoms with Crippen molar-refractivity contribution in [1.82, 2.24) is 10.2 Å². The van der Waals surface area contributed by atoms with Crippen LogP contribution < -0.4 is 10.1 Å². The molecule has 0 aromatic heterocycles. The Balaban J connectivity index is 1.96. The molecule has 0 bridgehead atoms. The minimum absolute atomic E-state index is 0.0105. The summed E-state index contributed by atoms with van der Waals surface area (Å²) in [6, 6.07) is 8.18. The van der Waals surface area contributed by atoms with Gasteiger partial charge in [0.05, 0.1) is 7.11 Å². The zero-order chi connectivity index (χ0) is 16.7. The van der Waals surface area contributed by atoms with Crippen molar-refractivity contribution in [2.45, 2.75) is 38.8 Å². The van der Waals surface area contributed by atoms with Gasteiger partial charge < -0.3 is 19.7 Å². The molecule has 1 N–H and O–H groups in total. The lowest BCUT2D eigenvalue weighted by Gasteiger charge is -2.30. The van der Waals surface area contributed by atoms with Gasteiger partial charge in [0.15, 0.2) is 0 Å². The van der Waals surface area contributed by atoms with Crippen molar-refractivity contribution in [3.8, 4) is 5.75 Å². The fraction of sp³-hybridized carbons (Fsp3) is 0.611. The first-order valence-electron chi connectivity index (χ1n) is 8.32. The SMILES string of the molecule is COCCCNC(=O)N(Cc1ccc(OC)cc1)C(C)C1CC1. The maximum Gasteiger partial charge on any atom is 0.317 e. The lowest BCUT2D eigenvalue weighted by Crippen LogP contribution is -2.45. The second kappa shape index (κ2) is 8.77. The standard InChI is InChI=1S/C18H28N2O3/c1-14(16-7-8-16)20(18(21)19-11-4-12-22-2)13-15-5-9-17(23-3)10-6-15/h5-6,9-10,14,16H,4,7-8,11-13H2,1-3H3,(H,19,21). The second-order valence-electron chi connectivity index (χ2n) is 6.13. The molecule has 0 saturated heterocycles. The van der Waals surface area contributed by atoms with E-state index in [1.165, 1.54) is 12.8 Å². The molecular formula is C18H28N2O3. The van der Waals surface area contributed by atoms with Crippen LogP contribution in [0.25, 0.3) is 0 Å². The normalized spacial score (nSPS) is 15.1. The summed E-state index contributed by atoms with van der Waals surface area (Å²) in [5, 5.41) is 3.01.